The molecule has 2 saturated carbocycles. The molecule has 4 fully saturated rings. The fraction of sp³-hybridized carbons (Fsp3) is 0.643. The van der Waals surface area contributed by atoms with Crippen LogP contribution in [0.1, 0.15) is 79.6 Å². The van der Waals surface area contributed by atoms with E-state index in [0.29, 0.717) is 74.8 Å². The molecule has 17 heteroatoms. The van der Waals surface area contributed by atoms with Gasteiger partial charge in [-0.15, -0.1) is 0 Å². The predicted octanol–water partition coefficient (Wildman–Crippen LogP) is 4.07. The van der Waals surface area contributed by atoms with Gasteiger partial charge in [-0.05, 0) is 101 Å². The lowest BCUT2D eigenvalue weighted by Gasteiger charge is -2.43. The molecular formula is C42H58N6O10S. The number of fused-ring (bicyclic) bond motifs is 3. The van der Waals surface area contributed by atoms with E-state index in [9.17, 15) is 27.9 Å². The van der Waals surface area contributed by atoms with E-state index in [1.165, 1.54) is 9.80 Å². The van der Waals surface area contributed by atoms with Gasteiger partial charge in [0.1, 0.15) is 35.3 Å². The first-order valence-electron chi connectivity index (χ1n) is 20.8. The molecule has 7 atom stereocenters. The number of allylic oxidation sites excluding steroid dienone is 1. The van der Waals surface area contributed by atoms with Gasteiger partial charge in [0.15, 0.2) is 0 Å². The number of ether oxygens (including phenoxy) is 3. The van der Waals surface area contributed by atoms with Crippen LogP contribution in [0.4, 0.5) is 10.6 Å². The number of carbonyl (C=O) groups is 4. The van der Waals surface area contributed by atoms with Crippen molar-refractivity contribution in [3.8, 4) is 11.6 Å². The van der Waals surface area contributed by atoms with Crippen molar-refractivity contribution < 1.29 is 46.9 Å². The van der Waals surface area contributed by atoms with Crippen LogP contribution in [0, 0.1) is 17.8 Å². The number of methoxy groups -OCH3 is 1. The molecule has 7 rings (SSSR count). The fourth-order valence-corrected chi connectivity index (χ4v) is 10.3. The molecule has 2 aliphatic carbocycles. The van der Waals surface area contributed by atoms with E-state index < -0.39 is 80.2 Å². The predicted molar refractivity (Wildman–Crippen MR) is 220 cm³/mol. The summed E-state index contributed by atoms with van der Waals surface area (Å²) in [6.45, 7) is 11.4. The van der Waals surface area contributed by atoms with Gasteiger partial charge in [0.25, 0.3) is 5.91 Å². The normalized spacial score (nSPS) is 29.9. The summed E-state index contributed by atoms with van der Waals surface area (Å²) in [5, 5.41) is 14.4. The maximum atomic E-state index is 15.2. The van der Waals surface area contributed by atoms with Crippen LogP contribution in [0.25, 0.3) is 10.8 Å². The first-order valence-corrected chi connectivity index (χ1v) is 22.3. The van der Waals surface area contributed by atoms with Crippen LogP contribution < -0.4 is 24.4 Å². The molecule has 59 heavy (non-hydrogen) atoms. The van der Waals surface area contributed by atoms with Crippen LogP contribution in [0.15, 0.2) is 36.4 Å². The molecular weight excluding hydrogens is 781 g/mol. The van der Waals surface area contributed by atoms with E-state index in [1.54, 1.807) is 33.9 Å². The summed E-state index contributed by atoms with van der Waals surface area (Å²) < 4.78 is 46.0. The maximum absolute atomic E-state index is 15.2. The molecule has 0 unspecified atom stereocenters. The minimum Gasteiger partial charge on any atom is -0.497 e. The molecule has 0 radical (unpaired) electrons. The second-order valence-corrected chi connectivity index (χ2v) is 20.0. The van der Waals surface area contributed by atoms with E-state index >= 15 is 4.79 Å². The van der Waals surface area contributed by atoms with Crippen molar-refractivity contribution in [2.75, 3.05) is 44.9 Å². The van der Waals surface area contributed by atoms with Crippen molar-refractivity contribution in [3.63, 3.8) is 0 Å². The highest BCUT2D eigenvalue weighted by molar-refractivity contribution is 7.91. The summed E-state index contributed by atoms with van der Waals surface area (Å²) in [5.41, 5.74) is -2.54. The number of rotatable bonds is 8. The molecule has 4 amide bonds. The number of carboxylic acid groups (broad SMARTS) is 1. The fourth-order valence-electron chi connectivity index (χ4n) is 8.99. The lowest BCUT2D eigenvalue weighted by molar-refractivity contribution is -0.146. The van der Waals surface area contributed by atoms with Crippen LogP contribution in [0.3, 0.4) is 0 Å². The number of nitrogens with one attached hydrogen (secondary N) is 2. The molecule has 5 aliphatic rings. The van der Waals surface area contributed by atoms with Gasteiger partial charge in [-0.1, -0.05) is 26.0 Å². The molecule has 0 spiro atoms. The van der Waals surface area contributed by atoms with Crippen molar-refractivity contribution >= 4 is 50.4 Å². The second kappa shape index (κ2) is 16.4. The first-order chi connectivity index (χ1) is 27.9. The Hall–Kier alpha value is -4.64. The zero-order chi connectivity index (χ0) is 42.4. The van der Waals surface area contributed by atoms with Gasteiger partial charge >= 0.3 is 6.09 Å². The number of hydrogen-bond donors (Lipinski definition) is 3. The Balaban J connectivity index is 1.28. The molecule has 3 aliphatic heterocycles. The zero-order valence-electron chi connectivity index (χ0n) is 34.8. The number of anilines is 1. The van der Waals surface area contributed by atoms with Crippen molar-refractivity contribution in [3.05, 3.63) is 36.4 Å². The minimum atomic E-state index is -3.93. The number of sulfonamides is 1. The Morgan fingerprint density at radius 1 is 1.08 bits per heavy atom. The lowest BCUT2D eigenvalue weighted by atomic mass is 9.85. The van der Waals surface area contributed by atoms with Gasteiger partial charge < -0.3 is 34.4 Å². The third-order valence-electron chi connectivity index (χ3n) is 12.4. The van der Waals surface area contributed by atoms with Gasteiger partial charge in [-0.2, -0.15) is 4.98 Å². The number of morpholine rings is 1. The molecule has 2 saturated heterocycles. The van der Waals surface area contributed by atoms with Crippen LogP contribution in [-0.4, -0.2) is 127 Å². The summed E-state index contributed by atoms with van der Waals surface area (Å²) in [6, 6.07) is 5.14. The molecule has 4 heterocycles. The smallest absolute Gasteiger partial charge is 0.408 e. The average Bonchev–Trinajstić information content (AvgIpc) is 4.11. The molecule has 322 valence electrons. The van der Waals surface area contributed by atoms with Gasteiger partial charge in [0, 0.05) is 36.4 Å². The summed E-state index contributed by atoms with van der Waals surface area (Å²) in [5.74, 6) is -1.22. The Morgan fingerprint density at radius 3 is 2.47 bits per heavy atom. The largest absolute Gasteiger partial charge is 0.497 e. The number of amides is 4. The summed E-state index contributed by atoms with van der Waals surface area (Å²) in [7, 11) is -2.35. The average molecular weight is 839 g/mol. The molecule has 2 aromatic rings. The highest BCUT2D eigenvalue weighted by Crippen LogP contribution is 2.46. The number of benzene rings is 1. The first kappa shape index (κ1) is 42.5. The third kappa shape index (κ3) is 8.96. The Bertz CT molecular complexity index is 2100. The van der Waals surface area contributed by atoms with E-state index in [2.05, 4.69) is 21.9 Å². The van der Waals surface area contributed by atoms with E-state index in [-0.39, 0.29) is 25.3 Å². The molecule has 3 N–H and O–H groups in total. The summed E-state index contributed by atoms with van der Waals surface area (Å²) in [4.78, 5) is 66.6. The minimum absolute atomic E-state index is 0.00263. The monoisotopic (exact) mass is 838 g/mol. The topological polar surface area (TPSA) is 197 Å². The van der Waals surface area contributed by atoms with Gasteiger partial charge in [0.05, 0.1) is 32.1 Å². The SMILES string of the molecule is COc1ccc2c(O[C@@H]3C[C@H]4C(=O)N[C@]5(C(=O)NS(=O)(=O)C6CC6)C[C@H]5/C=C\CC[C@@H](C)C[C@@H](C)[C@H](N(C(=O)O)C(C)(C)C)C(=O)N4C3)nc(N3CCOCC3)cc2c1. The van der Waals surface area contributed by atoms with Gasteiger partial charge in [-0.3, -0.25) is 24.0 Å². The Morgan fingerprint density at radius 2 is 1.81 bits per heavy atom. The van der Waals surface area contributed by atoms with Crippen molar-refractivity contribution in [1.29, 1.82) is 0 Å². The van der Waals surface area contributed by atoms with Crippen LogP contribution in [0.5, 0.6) is 11.6 Å². The lowest BCUT2D eigenvalue weighted by Crippen LogP contribution is -2.62. The van der Waals surface area contributed by atoms with Crippen LogP contribution in [0.2, 0.25) is 0 Å². The van der Waals surface area contributed by atoms with Gasteiger partial charge in [0.2, 0.25) is 27.7 Å². The number of nitrogens with zero attached hydrogens (tertiary/aromatic N) is 4. The van der Waals surface area contributed by atoms with Crippen molar-refractivity contribution in [1.82, 2.24) is 24.8 Å². The molecule has 1 aromatic carbocycles. The van der Waals surface area contributed by atoms with Gasteiger partial charge in [-0.25, -0.2) is 13.2 Å². The molecule has 0 bridgehead atoms. The van der Waals surface area contributed by atoms with Crippen LogP contribution >= 0.6 is 0 Å². The third-order valence-corrected chi connectivity index (χ3v) is 14.2. The summed E-state index contributed by atoms with van der Waals surface area (Å²) in [6.07, 6.45) is 4.79. The Labute approximate surface area is 346 Å². The standard InChI is InChI=1S/C42H58N6O10S/c1-25-9-7-8-10-28-23-42(28,39(51)45-59(54,55)31-12-13-31)44-36(49)33-22-30(24-47(33)38(50)35(26(2)19-25)48(40(52)53)41(3,4)5)58-37-32-14-11-29(56-6)20-27(32)21-34(43-37)46-15-17-57-18-16-46/h8,10-11,14,20-21,25-26,28,30-31,33,35H,7,9,12-13,15-19,22-24H2,1-6H3,(H,44,49)(H,45,51)(H,52,53)/b10-8-/t25-,26-,28-,30-,33+,35+,42-/m1/s1. The van der Waals surface area contributed by atoms with Crippen LogP contribution in [-0.2, 0) is 29.1 Å². The van der Waals surface area contributed by atoms with Crippen molar-refractivity contribution in [2.45, 2.75) is 114 Å². The number of carbonyl (C=O) groups excluding carboxylic acids is 3. The highest BCUT2D eigenvalue weighted by atomic mass is 32.2. The van der Waals surface area contributed by atoms with E-state index in [1.807, 2.05) is 37.3 Å². The summed E-state index contributed by atoms with van der Waals surface area (Å²) >= 11 is 0. The van der Waals surface area contributed by atoms with Crippen molar-refractivity contribution in [2.24, 2.45) is 17.8 Å². The molecule has 1 aromatic heterocycles. The highest BCUT2D eigenvalue weighted by Gasteiger charge is 2.62. The number of pyridine rings is 1. The van der Waals surface area contributed by atoms with E-state index in [4.69, 9.17) is 19.2 Å². The quantitative estimate of drug-likeness (QED) is 0.323. The Kier molecular flexibility index (Phi) is 11.8. The zero-order valence-corrected chi connectivity index (χ0v) is 35.6. The number of hydrogen-bond acceptors (Lipinski definition) is 11. The van der Waals surface area contributed by atoms with E-state index in [0.717, 1.165) is 11.8 Å². The maximum Gasteiger partial charge on any atom is 0.408 e. The molecule has 16 nitrogen and oxygen atoms in total. The number of aromatic nitrogens is 1. The second-order valence-electron chi connectivity index (χ2n) is 18.0.